The second-order valence-electron chi connectivity index (χ2n) is 4.70. The van der Waals surface area contributed by atoms with Gasteiger partial charge in [-0.15, -0.1) is 0 Å². The number of amides is 1. The van der Waals surface area contributed by atoms with Crippen LogP contribution in [0.25, 0.3) is 0 Å². The van der Waals surface area contributed by atoms with E-state index in [-0.39, 0.29) is 11.7 Å². The molecule has 0 spiro atoms. The molecule has 3 nitrogen and oxygen atoms in total. The molecule has 0 radical (unpaired) electrons. The minimum atomic E-state index is -0.667. The molecular weight excluding hydrogens is 255 g/mol. The van der Waals surface area contributed by atoms with Crippen molar-refractivity contribution in [2.24, 2.45) is 5.73 Å². The van der Waals surface area contributed by atoms with Gasteiger partial charge in [-0.3, -0.25) is 4.79 Å². The van der Waals surface area contributed by atoms with Crippen LogP contribution in [0.3, 0.4) is 0 Å². The van der Waals surface area contributed by atoms with E-state index in [2.05, 4.69) is 5.32 Å². The summed E-state index contributed by atoms with van der Waals surface area (Å²) in [6.45, 7) is 1.62. The molecule has 2 aromatic carbocycles. The van der Waals surface area contributed by atoms with E-state index in [1.165, 1.54) is 6.07 Å². The van der Waals surface area contributed by atoms with Crippen LogP contribution in [0.4, 0.5) is 10.1 Å². The summed E-state index contributed by atoms with van der Waals surface area (Å²) in [5.74, 6) is -0.665. The van der Waals surface area contributed by atoms with Gasteiger partial charge in [0, 0.05) is 11.3 Å². The van der Waals surface area contributed by atoms with E-state index >= 15 is 0 Å². The number of anilines is 1. The number of hydrogen-bond acceptors (Lipinski definition) is 2. The lowest BCUT2D eigenvalue weighted by atomic mass is 10.1. The molecule has 4 heteroatoms. The molecule has 2 rings (SSSR count). The molecule has 0 heterocycles. The zero-order chi connectivity index (χ0) is 14.5. The fourth-order valence-electron chi connectivity index (χ4n) is 1.93. The first-order chi connectivity index (χ1) is 9.58. The van der Waals surface area contributed by atoms with Crippen molar-refractivity contribution in [2.75, 3.05) is 5.32 Å². The van der Waals surface area contributed by atoms with E-state index in [1.807, 2.05) is 30.3 Å². The summed E-state index contributed by atoms with van der Waals surface area (Å²) < 4.78 is 13.4. The van der Waals surface area contributed by atoms with Gasteiger partial charge in [0.25, 0.3) is 0 Å². The highest BCUT2D eigenvalue weighted by Crippen LogP contribution is 2.17. The Hall–Kier alpha value is -2.20. The van der Waals surface area contributed by atoms with Crippen molar-refractivity contribution in [2.45, 2.75) is 19.4 Å². The van der Waals surface area contributed by atoms with Crippen LogP contribution < -0.4 is 11.1 Å². The molecule has 0 aliphatic rings. The predicted octanol–water partition coefficient (Wildman–Crippen LogP) is 2.64. The van der Waals surface area contributed by atoms with Crippen molar-refractivity contribution < 1.29 is 9.18 Å². The highest BCUT2D eigenvalue weighted by Gasteiger charge is 2.15. The van der Waals surface area contributed by atoms with E-state index in [1.54, 1.807) is 19.1 Å². The van der Waals surface area contributed by atoms with Crippen LogP contribution in [0.5, 0.6) is 0 Å². The molecule has 0 fully saturated rings. The Morgan fingerprint density at radius 2 is 1.90 bits per heavy atom. The standard InChI is InChI=1S/C16H17FN2O/c1-11-13(17)8-5-9-15(11)19-16(20)14(18)10-12-6-3-2-4-7-12/h2-9,14H,10,18H2,1H3,(H,19,20)/t14-/m1/s1. The highest BCUT2D eigenvalue weighted by atomic mass is 19.1. The normalized spacial score (nSPS) is 11.9. The van der Waals surface area contributed by atoms with Gasteiger partial charge in [0.05, 0.1) is 6.04 Å². The van der Waals surface area contributed by atoms with Crippen LogP contribution >= 0.6 is 0 Å². The van der Waals surface area contributed by atoms with Gasteiger partial charge >= 0.3 is 0 Å². The SMILES string of the molecule is Cc1c(F)cccc1NC(=O)[C@H](N)Cc1ccccc1. The summed E-state index contributed by atoms with van der Waals surface area (Å²) in [5, 5.41) is 2.67. The number of nitrogens with two attached hydrogens (primary N) is 1. The van der Waals surface area contributed by atoms with Crippen LogP contribution in [-0.2, 0) is 11.2 Å². The van der Waals surface area contributed by atoms with Gasteiger partial charge < -0.3 is 11.1 Å². The van der Waals surface area contributed by atoms with Crippen LogP contribution in [0.1, 0.15) is 11.1 Å². The highest BCUT2D eigenvalue weighted by molar-refractivity contribution is 5.95. The van der Waals surface area contributed by atoms with Crippen molar-refractivity contribution in [3.05, 3.63) is 65.5 Å². The maximum absolute atomic E-state index is 13.4. The van der Waals surface area contributed by atoms with Crippen molar-refractivity contribution in [1.82, 2.24) is 0 Å². The third kappa shape index (κ3) is 3.42. The third-order valence-electron chi connectivity index (χ3n) is 3.16. The van der Waals surface area contributed by atoms with E-state index < -0.39 is 6.04 Å². The summed E-state index contributed by atoms with van der Waals surface area (Å²) in [4.78, 5) is 12.0. The summed E-state index contributed by atoms with van der Waals surface area (Å²) in [6, 6.07) is 13.4. The minimum absolute atomic E-state index is 0.317. The van der Waals surface area contributed by atoms with E-state index in [9.17, 15) is 9.18 Å². The fraction of sp³-hybridized carbons (Fsp3) is 0.188. The molecule has 0 saturated carbocycles. The zero-order valence-electron chi connectivity index (χ0n) is 11.3. The number of benzene rings is 2. The second-order valence-corrected chi connectivity index (χ2v) is 4.70. The van der Waals surface area contributed by atoms with E-state index in [4.69, 9.17) is 5.73 Å². The van der Waals surface area contributed by atoms with Crippen molar-refractivity contribution in [3.8, 4) is 0 Å². The number of carbonyl (C=O) groups is 1. The molecule has 104 valence electrons. The van der Waals surface area contributed by atoms with Crippen LogP contribution in [0.15, 0.2) is 48.5 Å². The molecule has 3 N–H and O–H groups in total. The Kier molecular flexibility index (Phi) is 4.48. The molecular formula is C16H17FN2O. The predicted molar refractivity (Wildman–Crippen MR) is 77.9 cm³/mol. The molecule has 0 aliphatic heterocycles. The number of halogens is 1. The summed E-state index contributed by atoms with van der Waals surface area (Å²) in [7, 11) is 0. The second kappa shape index (κ2) is 6.30. The Bertz CT molecular complexity index is 599. The van der Waals surface area contributed by atoms with Crippen molar-refractivity contribution >= 4 is 11.6 Å². The maximum atomic E-state index is 13.4. The molecule has 1 atom stereocenters. The summed E-state index contributed by atoms with van der Waals surface area (Å²) in [5.41, 5.74) is 7.74. The number of nitrogens with one attached hydrogen (secondary N) is 1. The lowest BCUT2D eigenvalue weighted by Gasteiger charge is -2.14. The van der Waals surface area contributed by atoms with Crippen molar-refractivity contribution in [1.29, 1.82) is 0 Å². The Morgan fingerprint density at radius 3 is 2.60 bits per heavy atom. The Balaban J connectivity index is 2.03. The third-order valence-corrected chi connectivity index (χ3v) is 3.16. The molecule has 0 unspecified atom stereocenters. The largest absolute Gasteiger partial charge is 0.324 e. The molecule has 0 aromatic heterocycles. The van der Waals surface area contributed by atoms with Gasteiger partial charge in [0.2, 0.25) is 5.91 Å². The fourth-order valence-corrected chi connectivity index (χ4v) is 1.93. The first-order valence-electron chi connectivity index (χ1n) is 6.43. The Morgan fingerprint density at radius 1 is 1.20 bits per heavy atom. The number of hydrogen-bond donors (Lipinski definition) is 2. The van der Waals surface area contributed by atoms with Gasteiger partial charge in [0.1, 0.15) is 5.82 Å². The first kappa shape index (κ1) is 14.2. The Labute approximate surface area is 117 Å². The topological polar surface area (TPSA) is 55.1 Å². The van der Waals surface area contributed by atoms with Crippen LogP contribution in [-0.4, -0.2) is 11.9 Å². The quantitative estimate of drug-likeness (QED) is 0.899. The van der Waals surface area contributed by atoms with E-state index in [0.29, 0.717) is 17.7 Å². The van der Waals surface area contributed by atoms with Crippen LogP contribution in [0.2, 0.25) is 0 Å². The average Bonchev–Trinajstić information content (AvgIpc) is 2.45. The molecule has 0 saturated heterocycles. The van der Waals surface area contributed by atoms with Gasteiger partial charge in [0.15, 0.2) is 0 Å². The summed E-state index contributed by atoms with van der Waals surface area (Å²) in [6.07, 6.45) is 0.445. The molecule has 0 bridgehead atoms. The zero-order valence-corrected chi connectivity index (χ0v) is 11.3. The molecule has 2 aromatic rings. The van der Waals surface area contributed by atoms with Gasteiger partial charge in [-0.05, 0) is 31.0 Å². The average molecular weight is 272 g/mol. The smallest absolute Gasteiger partial charge is 0.241 e. The molecule has 0 aliphatic carbocycles. The first-order valence-corrected chi connectivity index (χ1v) is 6.43. The monoisotopic (exact) mass is 272 g/mol. The van der Waals surface area contributed by atoms with Crippen LogP contribution in [0, 0.1) is 12.7 Å². The van der Waals surface area contributed by atoms with Gasteiger partial charge in [-0.25, -0.2) is 4.39 Å². The summed E-state index contributed by atoms with van der Waals surface area (Å²) >= 11 is 0. The molecule has 20 heavy (non-hydrogen) atoms. The molecule has 1 amide bonds. The van der Waals surface area contributed by atoms with Gasteiger partial charge in [-0.2, -0.15) is 0 Å². The lowest BCUT2D eigenvalue weighted by Crippen LogP contribution is -2.37. The number of carbonyl (C=O) groups excluding carboxylic acids is 1. The minimum Gasteiger partial charge on any atom is -0.324 e. The van der Waals surface area contributed by atoms with E-state index in [0.717, 1.165) is 5.56 Å². The number of rotatable bonds is 4. The maximum Gasteiger partial charge on any atom is 0.241 e. The lowest BCUT2D eigenvalue weighted by molar-refractivity contribution is -0.117. The van der Waals surface area contributed by atoms with Gasteiger partial charge in [-0.1, -0.05) is 36.4 Å². The van der Waals surface area contributed by atoms with Crippen molar-refractivity contribution in [3.63, 3.8) is 0 Å².